The fraction of sp³-hybridized carbons (Fsp3) is 0.750. The Morgan fingerprint density at radius 1 is 1.67 bits per heavy atom. The summed E-state index contributed by atoms with van der Waals surface area (Å²) in [6.07, 6.45) is -0.941. The van der Waals surface area contributed by atoms with Crippen molar-refractivity contribution >= 4 is 6.16 Å². The molecule has 3 N–H and O–H groups in total. The van der Waals surface area contributed by atoms with Crippen molar-refractivity contribution in [3.63, 3.8) is 0 Å². The molecule has 0 aromatic rings. The number of nitrogens with one attached hydrogen (secondary N) is 1. The average molecular weight is 134 g/mol. The van der Waals surface area contributed by atoms with Crippen LogP contribution < -0.4 is 11.4 Å². The first-order valence-electron chi connectivity index (χ1n) is 2.50. The molecule has 54 valence electrons. The second-order valence-corrected chi connectivity index (χ2v) is 1.74. The van der Waals surface area contributed by atoms with Gasteiger partial charge in [0, 0.05) is 6.04 Å². The summed E-state index contributed by atoms with van der Waals surface area (Å²) in [6, 6.07) is 0.0594. The largest absolute Gasteiger partial charge is 0.547 e. The van der Waals surface area contributed by atoms with Gasteiger partial charge in [-0.25, -0.2) is 0 Å². The van der Waals surface area contributed by atoms with E-state index in [1.807, 2.05) is 13.8 Å². The van der Waals surface area contributed by atoms with Gasteiger partial charge in [0.2, 0.25) is 0 Å². The summed E-state index contributed by atoms with van der Waals surface area (Å²) >= 11 is 0. The Kier molecular flexibility index (Phi) is 3.74. The van der Waals surface area contributed by atoms with Crippen LogP contribution in [0, 0.1) is 0 Å². The van der Waals surface area contributed by atoms with Crippen molar-refractivity contribution in [1.29, 1.82) is 0 Å². The molecular weight excluding hydrogens is 124 g/mol. The highest BCUT2D eigenvalue weighted by Crippen LogP contribution is 1.78. The van der Waals surface area contributed by atoms with Gasteiger partial charge in [-0.05, 0) is 13.8 Å². The number of rotatable bonds is 2. The van der Waals surface area contributed by atoms with Gasteiger partial charge in [0.25, 0.3) is 0 Å². The minimum Gasteiger partial charge on any atom is -0.340 e. The van der Waals surface area contributed by atoms with E-state index in [-0.39, 0.29) is 6.04 Å². The zero-order valence-corrected chi connectivity index (χ0v) is 5.38. The van der Waals surface area contributed by atoms with Crippen molar-refractivity contribution in [2.24, 2.45) is 5.90 Å². The van der Waals surface area contributed by atoms with Gasteiger partial charge in [0.1, 0.15) is 0 Å². The number of nitrogens with two attached hydrogens (primary N) is 1. The highest BCUT2D eigenvalue weighted by atomic mass is 16.8. The third-order valence-corrected chi connectivity index (χ3v) is 0.474. The van der Waals surface area contributed by atoms with Gasteiger partial charge in [-0.1, -0.05) is 0 Å². The molecule has 0 unspecified atom stereocenters. The molecule has 0 aliphatic heterocycles. The molecule has 0 aromatic heterocycles. The van der Waals surface area contributed by atoms with E-state index in [4.69, 9.17) is 0 Å². The molecule has 0 aromatic carbocycles. The van der Waals surface area contributed by atoms with E-state index in [1.54, 1.807) is 0 Å². The molecule has 0 heterocycles. The molecule has 5 heteroatoms. The number of carbonyl (C=O) groups is 1. The summed E-state index contributed by atoms with van der Waals surface area (Å²) in [5.74, 6) is 4.44. The molecule has 0 amide bonds. The first kappa shape index (κ1) is 8.19. The van der Waals surface area contributed by atoms with Crippen LogP contribution in [0.2, 0.25) is 0 Å². The fourth-order valence-electron chi connectivity index (χ4n) is 0.190. The van der Waals surface area contributed by atoms with E-state index >= 15 is 0 Å². The zero-order valence-electron chi connectivity index (χ0n) is 5.38. The van der Waals surface area contributed by atoms with E-state index < -0.39 is 6.16 Å². The van der Waals surface area contributed by atoms with Crippen LogP contribution in [0.15, 0.2) is 0 Å². The minimum atomic E-state index is -0.941. The molecule has 0 atom stereocenters. The maximum absolute atomic E-state index is 10.1. The highest BCUT2D eigenvalue weighted by molar-refractivity contribution is 5.58. The van der Waals surface area contributed by atoms with E-state index in [2.05, 4.69) is 21.1 Å². The van der Waals surface area contributed by atoms with Gasteiger partial charge in [-0.15, -0.1) is 5.48 Å². The number of hydrogen-bond acceptors (Lipinski definition) is 5. The Hall–Kier alpha value is -0.810. The lowest BCUT2D eigenvalue weighted by Crippen LogP contribution is -2.28. The summed E-state index contributed by atoms with van der Waals surface area (Å²) in [5, 5.41) is 0. The quantitative estimate of drug-likeness (QED) is 0.517. The van der Waals surface area contributed by atoms with Crippen LogP contribution in [0.5, 0.6) is 0 Å². The lowest BCUT2D eigenvalue weighted by Gasteiger charge is -2.04. The van der Waals surface area contributed by atoms with Crippen molar-refractivity contribution in [2.45, 2.75) is 19.9 Å². The molecule has 9 heavy (non-hydrogen) atoms. The Labute approximate surface area is 53.0 Å². The lowest BCUT2D eigenvalue weighted by molar-refractivity contribution is 0.00727. The molecular formula is C4H10N2O3. The Balaban J connectivity index is 3.17. The smallest absolute Gasteiger partial charge is 0.340 e. The van der Waals surface area contributed by atoms with Crippen molar-refractivity contribution in [1.82, 2.24) is 5.48 Å². The maximum atomic E-state index is 10.1. The molecule has 5 nitrogen and oxygen atoms in total. The van der Waals surface area contributed by atoms with Crippen molar-refractivity contribution < 1.29 is 14.5 Å². The maximum Gasteiger partial charge on any atom is 0.547 e. The second-order valence-electron chi connectivity index (χ2n) is 1.74. The van der Waals surface area contributed by atoms with Crippen molar-refractivity contribution in [2.75, 3.05) is 0 Å². The molecule has 0 rings (SSSR count). The highest BCUT2D eigenvalue weighted by Gasteiger charge is 2.00. The zero-order chi connectivity index (χ0) is 7.28. The number of hydrogen-bond donors (Lipinski definition) is 2. The normalized spacial score (nSPS) is 9.33. The first-order chi connectivity index (χ1) is 4.16. The first-order valence-corrected chi connectivity index (χ1v) is 2.50. The number of hydroxylamine groups is 1. The predicted octanol–water partition coefficient (Wildman–Crippen LogP) is -0.0737. The Morgan fingerprint density at radius 2 is 2.22 bits per heavy atom. The van der Waals surface area contributed by atoms with E-state index in [0.717, 1.165) is 0 Å². The standard InChI is InChI=1S/C4H10N2O3/c1-3(2)6-9-4(7)8-5/h3,6H,5H2,1-2H3. The van der Waals surface area contributed by atoms with Crippen LogP contribution in [-0.4, -0.2) is 12.2 Å². The molecule has 0 fully saturated rings. The summed E-state index contributed by atoms with van der Waals surface area (Å²) in [6.45, 7) is 3.62. The van der Waals surface area contributed by atoms with Gasteiger partial charge in [-0.3, -0.25) is 0 Å². The SMILES string of the molecule is CC(C)NOC(=O)ON. The van der Waals surface area contributed by atoms with E-state index in [0.29, 0.717) is 0 Å². The van der Waals surface area contributed by atoms with Gasteiger partial charge >= 0.3 is 6.16 Å². The number of carbonyl (C=O) groups excluding carboxylic acids is 1. The van der Waals surface area contributed by atoms with Crippen LogP contribution in [0.25, 0.3) is 0 Å². The third-order valence-electron chi connectivity index (χ3n) is 0.474. The molecule has 0 aliphatic rings. The van der Waals surface area contributed by atoms with Crippen LogP contribution in [0.1, 0.15) is 13.8 Å². The minimum absolute atomic E-state index is 0.0594. The average Bonchev–Trinajstić information content (AvgIpc) is 1.83. The van der Waals surface area contributed by atoms with Crippen molar-refractivity contribution in [3.05, 3.63) is 0 Å². The summed E-state index contributed by atoms with van der Waals surface area (Å²) < 4.78 is 0. The van der Waals surface area contributed by atoms with Gasteiger partial charge in [-0.2, -0.15) is 10.7 Å². The van der Waals surface area contributed by atoms with Crippen molar-refractivity contribution in [3.8, 4) is 0 Å². The third kappa shape index (κ3) is 5.05. The monoisotopic (exact) mass is 134 g/mol. The molecule has 0 aliphatic carbocycles. The van der Waals surface area contributed by atoms with E-state index in [1.165, 1.54) is 0 Å². The van der Waals surface area contributed by atoms with Crippen LogP contribution in [0.3, 0.4) is 0 Å². The van der Waals surface area contributed by atoms with Gasteiger partial charge < -0.3 is 9.68 Å². The Morgan fingerprint density at radius 3 is 2.56 bits per heavy atom. The summed E-state index contributed by atoms with van der Waals surface area (Å²) in [5.41, 5.74) is 2.34. The van der Waals surface area contributed by atoms with Crippen LogP contribution in [-0.2, 0) is 9.68 Å². The lowest BCUT2D eigenvalue weighted by atomic mass is 10.4. The topological polar surface area (TPSA) is 73.6 Å². The molecule has 0 spiro atoms. The molecule has 0 radical (unpaired) electrons. The molecule has 0 saturated carbocycles. The van der Waals surface area contributed by atoms with Crippen LogP contribution in [0.4, 0.5) is 4.79 Å². The van der Waals surface area contributed by atoms with Gasteiger partial charge in [0.05, 0.1) is 0 Å². The fourth-order valence-corrected chi connectivity index (χ4v) is 0.190. The summed E-state index contributed by atoms with van der Waals surface area (Å²) in [4.78, 5) is 18.0. The van der Waals surface area contributed by atoms with E-state index in [9.17, 15) is 4.79 Å². The second kappa shape index (κ2) is 4.11. The molecule has 0 saturated heterocycles. The predicted molar refractivity (Wildman–Crippen MR) is 30.0 cm³/mol. The molecule has 0 bridgehead atoms. The van der Waals surface area contributed by atoms with Gasteiger partial charge in [0.15, 0.2) is 0 Å². The Bertz CT molecular complexity index is 93.8. The van der Waals surface area contributed by atoms with Crippen LogP contribution >= 0.6 is 0 Å². The summed E-state index contributed by atoms with van der Waals surface area (Å²) in [7, 11) is 0.